The minimum atomic E-state index is -1.15. The fraction of sp³-hybridized carbons (Fsp3) is 0.179. The van der Waals surface area contributed by atoms with E-state index in [1.807, 2.05) is 43.3 Å². The van der Waals surface area contributed by atoms with Crippen molar-refractivity contribution in [3.8, 4) is 0 Å². The number of anilines is 1. The summed E-state index contributed by atoms with van der Waals surface area (Å²) < 4.78 is 1.32. The van der Waals surface area contributed by atoms with Crippen molar-refractivity contribution in [1.29, 1.82) is 0 Å². The number of aromatic carboxylic acids is 1. The number of amides is 1. The van der Waals surface area contributed by atoms with Crippen LogP contribution in [0.5, 0.6) is 0 Å². The van der Waals surface area contributed by atoms with Crippen molar-refractivity contribution in [3.63, 3.8) is 0 Å². The van der Waals surface area contributed by atoms with Crippen LogP contribution in [0.1, 0.15) is 44.6 Å². The average Bonchev–Trinajstić information content (AvgIpc) is 3.24. The number of carbonyl (C=O) groups excluding carboxylic acids is 1. The summed E-state index contributed by atoms with van der Waals surface area (Å²) in [6, 6.07) is 18.0. The van der Waals surface area contributed by atoms with Crippen LogP contribution in [0.25, 0.3) is 10.9 Å². The highest BCUT2D eigenvalue weighted by molar-refractivity contribution is 6.20. The minimum absolute atomic E-state index is 0.0388. The Kier molecular flexibility index (Phi) is 4.86. The molecule has 8 nitrogen and oxygen atoms in total. The number of rotatable bonds is 3. The maximum absolute atomic E-state index is 14.0. The van der Waals surface area contributed by atoms with Gasteiger partial charge in [0.25, 0.3) is 11.5 Å². The van der Waals surface area contributed by atoms with Gasteiger partial charge in [-0.3, -0.25) is 14.2 Å². The van der Waals surface area contributed by atoms with Crippen molar-refractivity contribution in [3.05, 3.63) is 105 Å². The monoisotopic (exact) mass is 478 g/mol. The third-order valence-corrected chi connectivity index (χ3v) is 6.82. The lowest BCUT2D eigenvalue weighted by molar-refractivity contribution is -0.121. The van der Waals surface area contributed by atoms with E-state index < -0.39 is 17.7 Å². The van der Waals surface area contributed by atoms with E-state index in [4.69, 9.17) is 4.99 Å². The van der Waals surface area contributed by atoms with Crippen LogP contribution in [0, 0.1) is 13.8 Å². The number of carbonyl (C=O) groups is 2. The molecule has 3 aromatic carbocycles. The fourth-order valence-electron chi connectivity index (χ4n) is 5.22. The Morgan fingerprint density at radius 2 is 1.81 bits per heavy atom. The van der Waals surface area contributed by atoms with E-state index in [9.17, 15) is 19.5 Å². The maximum atomic E-state index is 14.0. The number of hydrogen-bond acceptors (Lipinski definition) is 5. The lowest BCUT2D eigenvalue weighted by Gasteiger charge is -2.23. The third-order valence-electron chi connectivity index (χ3n) is 6.82. The molecule has 0 unspecified atom stereocenters. The van der Waals surface area contributed by atoms with Gasteiger partial charge in [-0.05, 0) is 50.1 Å². The van der Waals surface area contributed by atoms with Gasteiger partial charge in [0.1, 0.15) is 5.82 Å². The second kappa shape index (κ2) is 7.98. The maximum Gasteiger partial charge on any atom is 0.335 e. The Labute approximate surface area is 206 Å². The van der Waals surface area contributed by atoms with E-state index in [-0.39, 0.29) is 28.2 Å². The van der Waals surface area contributed by atoms with E-state index in [0.717, 1.165) is 34.4 Å². The quantitative estimate of drug-likeness (QED) is 0.484. The summed E-state index contributed by atoms with van der Waals surface area (Å²) in [7, 11) is 0. The first kappa shape index (κ1) is 21.9. The average molecular weight is 479 g/mol. The van der Waals surface area contributed by atoms with E-state index in [1.54, 1.807) is 11.8 Å². The summed E-state index contributed by atoms with van der Waals surface area (Å²) in [5.74, 6) is -1.11. The van der Waals surface area contributed by atoms with Gasteiger partial charge in [0.05, 0.1) is 27.9 Å². The highest BCUT2D eigenvalue weighted by Gasteiger charge is 2.38. The van der Waals surface area contributed by atoms with Crippen LogP contribution in [-0.2, 0) is 11.2 Å². The fourth-order valence-corrected chi connectivity index (χ4v) is 5.22. The summed E-state index contributed by atoms with van der Waals surface area (Å²) in [6.07, 6.45) is -0.422. The first-order valence-corrected chi connectivity index (χ1v) is 11.7. The molecule has 0 saturated heterocycles. The molecule has 2 aliphatic heterocycles. The molecular formula is C28H22N4O4. The van der Waals surface area contributed by atoms with Gasteiger partial charge in [-0.2, -0.15) is 0 Å². The van der Waals surface area contributed by atoms with Gasteiger partial charge in [0.2, 0.25) is 6.17 Å². The van der Waals surface area contributed by atoms with Crippen LogP contribution in [-0.4, -0.2) is 38.8 Å². The van der Waals surface area contributed by atoms with Gasteiger partial charge < -0.3 is 10.0 Å². The molecule has 1 aromatic heterocycles. The Balaban J connectivity index is 1.63. The standard InChI is InChI=1S/C28H22N4O4/c1-15-12-18-10-11-31-24(18)21(13-15)23(17-6-4-3-5-7-17)30-25(27(31)34)32-16(2)29-22-14-19(28(35)36)8-9-20(22)26(32)33/h3-9,12-14,25H,10-11H2,1-2H3,(H,35,36)/t25-/m1/s1. The van der Waals surface area contributed by atoms with Crippen LogP contribution in [0.2, 0.25) is 0 Å². The van der Waals surface area contributed by atoms with E-state index in [1.165, 1.54) is 22.8 Å². The van der Waals surface area contributed by atoms with E-state index in [2.05, 4.69) is 11.1 Å². The molecule has 0 fully saturated rings. The number of nitrogens with zero attached hydrogens (tertiary/aromatic N) is 4. The molecule has 3 heterocycles. The molecule has 4 aromatic rings. The smallest absolute Gasteiger partial charge is 0.335 e. The Morgan fingerprint density at radius 3 is 2.56 bits per heavy atom. The molecule has 0 aliphatic carbocycles. The number of carboxylic acids is 1. The summed E-state index contributed by atoms with van der Waals surface area (Å²) in [4.78, 5) is 50.3. The predicted octanol–water partition coefficient (Wildman–Crippen LogP) is 3.65. The molecule has 1 atom stereocenters. The molecule has 0 saturated carbocycles. The molecule has 2 aliphatic rings. The molecular weight excluding hydrogens is 456 g/mol. The topological polar surface area (TPSA) is 105 Å². The number of aliphatic imine (C=N–C) groups is 1. The Hall–Kier alpha value is -4.59. The van der Waals surface area contributed by atoms with Gasteiger partial charge >= 0.3 is 5.97 Å². The summed E-state index contributed by atoms with van der Waals surface area (Å²) in [5, 5.41) is 9.56. The highest BCUT2D eigenvalue weighted by atomic mass is 16.4. The molecule has 1 N–H and O–H groups in total. The molecule has 0 spiro atoms. The zero-order valence-electron chi connectivity index (χ0n) is 19.7. The van der Waals surface area contributed by atoms with Crippen LogP contribution in [0.3, 0.4) is 0 Å². The van der Waals surface area contributed by atoms with Gasteiger partial charge in [0, 0.05) is 17.7 Å². The summed E-state index contributed by atoms with van der Waals surface area (Å²) in [6.45, 7) is 4.17. The highest BCUT2D eigenvalue weighted by Crippen LogP contribution is 2.39. The summed E-state index contributed by atoms with van der Waals surface area (Å²) in [5.41, 5.74) is 5.25. The normalized spacial score (nSPS) is 16.6. The number of carboxylic acid groups (broad SMARTS) is 1. The number of benzene rings is 3. The van der Waals surface area contributed by atoms with Crippen LogP contribution >= 0.6 is 0 Å². The summed E-state index contributed by atoms with van der Waals surface area (Å²) >= 11 is 0. The van der Waals surface area contributed by atoms with Crippen molar-refractivity contribution in [2.75, 3.05) is 11.4 Å². The second-order valence-corrected chi connectivity index (χ2v) is 9.15. The van der Waals surface area contributed by atoms with Crippen molar-refractivity contribution >= 4 is 34.2 Å². The van der Waals surface area contributed by atoms with Gasteiger partial charge in [0.15, 0.2) is 0 Å². The second-order valence-electron chi connectivity index (χ2n) is 9.15. The largest absolute Gasteiger partial charge is 0.478 e. The molecule has 36 heavy (non-hydrogen) atoms. The molecule has 1 amide bonds. The molecule has 6 rings (SSSR count). The first-order chi connectivity index (χ1) is 17.3. The van der Waals surface area contributed by atoms with Crippen molar-refractivity contribution in [1.82, 2.24) is 9.55 Å². The number of fused-ring (bicyclic) bond motifs is 1. The van der Waals surface area contributed by atoms with Crippen molar-refractivity contribution in [2.24, 2.45) is 4.99 Å². The lowest BCUT2D eigenvalue weighted by Crippen LogP contribution is -2.39. The van der Waals surface area contributed by atoms with E-state index in [0.29, 0.717) is 12.3 Å². The zero-order valence-corrected chi connectivity index (χ0v) is 19.7. The molecule has 0 radical (unpaired) electrons. The van der Waals surface area contributed by atoms with Gasteiger partial charge in [-0.25, -0.2) is 14.8 Å². The van der Waals surface area contributed by atoms with Crippen molar-refractivity contribution in [2.45, 2.75) is 26.4 Å². The third kappa shape index (κ3) is 3.25. The zero-order chi connectivity index (χ0) is 25.1. The van der Waals surface area contributed by atoms with Crippen LogP contribution in [0.4, 0.5) is 5.69 Å². The Bertz CT molecular complexity index is 1690. The molecule has 178 valence electrons. The SMILES string of the molecule is Cc1cc2c3c(c1)C(c1ccccc1)=N[C@H](n1c(C)nc4cc(C(=O)O)ccc4c1=O)C(=O)N3CC2. The lowest BCUT2D eigenvalue weighted by atomic mass is 9.96. The number of hydrogen-bond donors (Lipinski definition) is 1. The van der Waals surface area contributed by atoms with Crippen molar-refractivity contribution < 1.29 is 14.7 Å². The first-order valence-electron chi connectivity index (χ1n) is 11.7. The van der Waals surface area contributed by atoms with Gasteiger partial charge in [-0.15, -0.1) is 0 Å². The minimum Gasteiger partial charge on any atom is -0.478 e. The van der Waals surface area contributed by atoms with E-state index >= 15 is 0 Å². The number of aryl methyl sites for hydroxylation is 2. The van der Waals surface area contributed by atoms with Crippen LogP contribution in [0.15, 0.2) is 70.5 Å². The molecule has 0 bridgehead atoms. The molecule has 8 heteroatoms. The van der Waals surface area contributed by atoms with Gasteiger partial charge in [-0.1, -0.05) is 42.0 Å². The predicted molar refractivity (Wildman–Crippen MR) is 136 cm³/mol. The van der Waals surface area contributed by atoms with Crippen LogP contribution < -0.4 is 10.5 Å². The Morgan fingerprint density at radius 1 is 1.03 bits per heavy atom. The number of aromatic nitrogens is 2.